The fourth-order valence-corrected chi connectivity index (χ4v) is 4.03. The van der Waals surface area contributed by atoms with Gasteiger partial charge in [0.25, 0.3) is 5.69 Å². The number of nitrogens with one attached hydrogen (secondary N) is 1. The highest BCUT2D eigenvalue weighted by molar-refractivity contribution is 6.07. The Morgan fingerprint density at radius 3 is 2.66 bits per heavy atom. The van der Waals surface area contributed by atoms with Crippen molar-refractivity contribution >= 4 is 29.2 Å². The number of ketones is 1. The van der Waals surface area contributed by atoms with Crippen molar-refractivity contribution in [1.82, 2.24) is 10.2 Å². The van der Waals surface area contributed by atoms with E-state index in [1.54, 1.807) is 30.3 Å². The van der Waals surface area contributed by atoms with Crippen LogP contribution in [0.4, 0.5) is 10.5 Å². The third-order valence-corrected chi connectivity index (χ3v) is 5.74. The van der Waals surface area contributed by atoms with Crippen molar-refractivity contribution in [3.05, 3.63) is 69.8 Å². The predicted octanol–water partition coefficient (Wildman–Crippen LogP) is 3.10. The van der Waals surface area contributed by atoms with Crippen LogP contribution < -0.4 is 10.1 Å². The minimum atomic E-state index is -1.18. The number of rotatable bonds is 11. The summed E-state index contributed by atoms with van der Waals surface area (Å²) in [5.41, 5.74) is 0.785. The number of carbonyl (C=O) groups is 3. The molecular weight excluding hydrogens is 456 g/mol. The smallest absolute Gasteiger partial charge is 0.344 e. The number of carbonyl (C=O) groups excluding carboxylic acids is 2. The van der Waals surface area contributed by atoms with E-state index in [4.69, 9.17) is 4.74 Å². The molecule has 2 amide bonds. The second kappa shape index (κ2) is 11.3. The number of non-ortho nitro benzene ring substituents is 1. The van der Waals surface area contributed by atoms with Gasteiger partial charge in [-0.1, -0.05) is 24.3 Å². The number of ether oxygens (including phenoxy) is 1. The minimum Gasteiger partial charge on any atom is -0.497 e. The normalized spacial score (nSPS) is 17.6. The van der Waals surface area contributed by atoms with Gasteiger partial charge in [-0.05, 0) is 37.6 Å². The first kappa shape index (κ1) is 25.5. The van der Waals surface area contributed by atoms with Gasteiger partial charge in [0.15, 0.2) is 5.78 Å². The SMILES string of the molecule is COc1cccc(C(=O)CNCCCN2C(=O)N=C(C)C(C(=O)O)C2c2cccc([N+](=O)[O-])c2)c1. The van der Waals surface area contributed by atoms with Crippen molar-refractivity contribution in [2.75, 3.05) is 26.7 Å². The molecule has 2 N–H and O–H groups in total. The molecule has 0 saturated heterocycles. The van der Waals surface area contributed by atoms with Gasteiger partial charge >= 0.3 is 12.0 Å². The molecule has 0 spiro atoms. The molecule has 1 heterocycles. The number of nitro groups is 1. The summed E-state index contributed by atoms with van der Waals surface area (Å²) in [6.07, 6.45) is 0.406. The number of Topliss-reactive ketones (excluding diaryl/α,β-unsaturated/α-hetero) is 1. The van der Waals surface area contributed by atoms with Crippen molar-refractivity contribution in [3.63, 3.8) is 0 Å². The topological polar surface area (TPSA) is 151 Å². The van der Waals surface area contributed by atoms with E-state index in [2.05, 4.69) is 10.3 Å². The van der Waals surface area contributed by atoms with E-state index in [1.807, 2.05) is 0 Å². The Balaban J connectivity index is 1.69. The van der Waals surface area contributed by atoms with E-state index in [-0.39, 0.29) is 30.3 Å². The van der Waals surface area contributed by atoms with Crippen LogP contribution in [0.15, 0.2) is 53.5 Å². The Bertz CT molecular complexity index is 1160. The van der Waals surface area contributed by atoms with E-state index >= 15 is 0 Å². The van der Waals surface area contributed by atoms with Crippen LogP contribution in [-0.4, -0.2) is 65.2 Å². The first-order chi connectivity index (χ1) is 16.7. The maximum Gasteiger partial charge on any atom is 0.344 e. The fraction of sp³-hybridized carbons (Fsp3) is 0.333. The summed E-state index contributed by atoms with van der Waals surface area (Å²) in [5, 5.41) is 24.1. The zero-order chi connectivity index (χ0) is 25.5. The van der Waals surface area contributed by atoms with E-state index < -0.39 is 28.9 Å². The van der Waals surface area contributed by atoms with Crippen molar-refractivity contribution < 1.29 is 29.2 Å². The fourth-order valence-electron chi connectivity index (χ4n) is 4.03. The molecule has 1 aliphatic heterocycles. The molecule has 0 bridgehead atoms. The van der Waals surface area contributed by atoms with Gasteiger partial charge in [0.1, 0.15) is 11.7 Å². The number of amides is 2. The van der Waals surface area contributed by atoms with Crippen molar-refractivity contribution in [2.45, 2.75) is 19.4 Å². The molecule has 0 saturated carbocycles. The highest BCUT2D eigenvalue weighted by Gasteiger charge is 2.42. The molecule has 0 fully saturated rings. The van der Waals surface area contributed by atoms with Crippen LogP contribution in [0.2, 0.25) is 0 Å². The third-order valence-electron chi connectivity index (χ3n) is 5.74. The number of urea groups is 1. The molecular formula is C24H26N4O7. The van der Waals surface area contributed by atoms with E-state index in [0.717, 1.165) is 0 Å². The van der Waals surface area contributed by atoms with Crippen LogP contribution in [0.1, 0.15) is 35.3 Å². The molecule has 2 aromatic rings. The largest absolute Gasteiger partial charge is 0.497 e. The lowest BCUT2D eigenvalue weighted by molar-refractivity contribution is -0.385. The number of nitro benzene ring substituents is 1. The van der Waals surface area contributed by atoms with Gasteiger partial charge in [0, 0.05) is 30.0 Å². The zero-order valence-corrected chi connectivity index (χ0v) is 19.3. The first-order valence-corrected chi connectivity index (χ1v) is 10.9. The van der Waals surface area contributed by atoms with Crippen LogP contribution in [0, 0.1) is 16.0 Å². The lowest BCUT2D eigenvalue weighted by Crippen LogP contribution is -2.47. The summed E-state index contributed by atoms with van der Waals surface area (Å²) in [6.45, 7) is 2.06. The summed E-state index contributed by atoms with van der Waals surface area (Å²) >= 11 is 0. The Hall–Kier alpha value is -4.12. The summed E-state index contributed by atoms with van der Waals surface area (Å²) in [5.74, 6) is -1.87. The molecule has 0 aromatic heterocycles. The number of hydrogen-bond acceptors (Lipinski definition) is 7. The summed E-state index contributed by atoms with van der Waals surface area (Å²) < 4.78 is 5.13. The Kier molecular flexibility index (Phi) is 8.26. The highest BCUT2D eigenvalue weighted by atomic mass is 16.6. The molecule has 0 aliphatic carbocycles. The quantitative estimate of drug-likeness (QED) is 0.215. The van der Waals surface area contributed by atoms with Gasteiger partial charge in [-0.2, -0.15) is 0 Å². The van der Waals surface area contributed by atoms with Crippen LogP contribution >= 0.6 is 0 Å². The second-order valence-electron chi connectivity index (χ2n) is 8.03. The van der Waals surface area contributed by atoms with Gasteiger partial charge in [-0.15, -0.1) is 0 Å². The number of methoxy groups -OCH3 is 1. The van der Waals surface area contributed by atoms with Crippen molar-refractivity contribution in [3.8, 4) is 5.75 Å². The number of carboxylic acids is 1. The monoisotopic (exact) mass is 482 g/mol. The van der Waals surface area contributed by atoms with E-state index in [9.17, 15) is 29.6 Å². The maximum absolute atomic E-state index is 12.7. The molecule has 184 valence electrons. The zero-order valence-electron chi connectivity index (χ0n) is 19.3. The molecule has 35 heavy (non-hydrogen) atoms. The van der Waals surface area contributed by atoms with Gasteiger partial charge < -0.3 is 20.1 Å². The van der Waals surface area contributed by atoms with Crippen LogP contribution in [-0.2, 0) is 4.79 Å². The first-order valence-electron chi connectivity index (χ1n) is 10.9. The lowest BCUT2D eigenvalue weighted by atomic mass is 9.86. The van der Waals surface area contributed by atoms with Gasteiger partial charge in [0.2, 0.25) is 0 Å². The van der Waals surface area contributed by atoms with E-state index in [1.165, 1.54) is 37.1 Å². The summed E-state index contributed by atoms with van der Waals surface area (Å²) in [4.78, 5) is 53.0. The molecule has 11 heteroatoms. The Morgan fingerprint density at radius 1 is 1.23 bits per heavy atom. The summed E-state index contributed by atoms with van der Waals surface area (Å²) in [7, 11) is 1.52. The van der Waals surface area contributed by atoms with E-state index in [0.29, 0.717) is 29.8 Å². The highest BCUT2D eigenvalue weighted by Crippen LogP contribution is 2.35. The van der Waals surface area contributed by atoms with Crippen molar-refractivity contribution in [1.29, 1.82) is 0 Å². The minimum absolute atomic E-state index is 0.0738. The molecule has 1 aliphatic rings. The average molecular weight is 482 g/mol. The molecule has 2 aromatic carbocycles. The number of benzene rings is 2. The van der Waals surface area contributed by atoms with Crippen molar-refractivity contribution in [2.24, 2.45) is 10.9 Å². The number of aliphatic imine (C=N–C) groups is 1. The summed E-state index contributed by atoms with van der Waals surface area (Å²) in [6, 6.07) is 10.9. The number of hydrogen-bond donors (Lipinski definition) is 2. The molecule has 0 radical (unpaired) electrons. The lowest BCUT2D eigenvalue weighted by Gasteiger charge is -2.37. The molecule has 2 atom stereocenters. The standard InChI is InChI=1S/C24H26N4O7/c1-15-21(23(30)31)22(17-7-3-8-18(12-17)28(33)34)27(24(32)26-15)11-5-10-25-14-20(29)16-6-4-9-19(13-16)35-2/h3-4,6-9,12-13,21-22,25H,5,10-11,14H2,1-2H3,(H,30,31). The number of carboxylic acid groups (broad SMARTS) is 1. The molecule has 2 unspecified atom stereocenters. The van der Waals surface area contributed by atoms with Gasteiger partial charge in [-0.25, -0.2) is 9.79 Å². The molecule has 11 nitrogen and oxygen atoms in total. The third kappa shape index (κ3) is 6.07. The Labute approximate surface area is 201 Å². The van der Waals surface area contributed by atoms with Crippen LogP contribution in [0.25, 0.3) is 0 Å². The van der Waals surface area contributed by atoms with Crippen LogP contribution in [0.5, 0.6) is 5.75 Å². The number of aliphatic carboxylic acids is 1. The van der Waals surface area contributed by atoms with Crippen LogP contribution in [0.3, 0.4) is 0 Å². The maximum atomic E-state index is 12.7. The van der Waals surface area contributed by atoms with Gasteiger partial charge in [0.05, 0.1) is 24.6 Å². The molecule has 3 rings (SSSR count). The number of nitrogens with zero attached hydrogens (tertiary/aromatic N) is 3. The second-order valence-corrected chi connectivity index (χ2v) is 8.03. The average Bonchev–Trinajstić information content (AvgIpc) is 2.84. The predicted molar refractivity (Wildman–Crippen MR) is 127 cm³/mol. The Morgan fingerprint density at radius 2 is 1.97 bits per heavy atom. The van der Waals surface area contributed by atoms with Gasteiger partial charge in [-0.3, -0.25) is 19.7 Å².